The minimum absolute atomic E-state index is 0.257. The molecule has 0 bridgehead atoms. The van der Waals surface area contributed by atoms with Crippen LogP contribution in [0.2, 0.25) is 0 Å². The molecule has 3 rings (SSSR count). The molecule has 2 aliphatic heterocycles. The fourth-order valence-corrected chi connectivity index (χ4v) is 3.08. The largest absolute Gasteiger partial charge is 0.470 e. The Morgan fingerprint density at radius 2 is 2.04 bits per heavy atom. The number of hydrogen-bond acceptors (Lipinski definition) is 8. The Morgan fingerprint density at radius 1 is 1.30 bits per heavy atom. The molecule has 0 radical (unpaired) electrons. The summed E-state index contributed by atoms with van der Waals surface area (Å²) in [6.07, 6.45) is -0.586. The van der Waals surface area contributed by atoms with Gasteiger partial charge in [0.05, 0.1) is 31.5 Å². The van der Waals surface area contributed by atoms with Gasteiger partial charge in [-0.1, -0.05) is 0 Å². The summed E-state index contributed by atoms with van der Waals surface area (Å²) in [5, 5.41) is 0. The molecule has 128 valence electrons. The van der Waals surface area contributed by atoms with Crippen molar-refractivity contribution < 1.29 is 19.0 Å². The second kappa shape index (κ2) is 6.48. The molecular formula is C14H22N4O4S. The minimum atomic E-state index is -0.295. The smallest absolute Gasteiger partial charge is 0.410 e. The quantitative estimate of drug-likeness (QED) is 0.818. The van der Waals surface area contributed by atoms with E-state index < -0.39 is 0 Å². The van der Waals surface area contributed by atoms with E-state index in [0.29, 0.717) is 25.6 Å². The van der Waals surface area contributed by atoms with Crippen LogP contribution in [0, 0.1) is 0 Å². The maximum Gasteiger partial charge on any atom is 0.410 e. The van der Waals surface area contributed by atoms with Crippen molar-refractivity contribution in [1.82, 2.24) is 13.6 Å². The summed E-state index contributed by atoms with van der Waals surface area (Å²) < 4.78 is 25.0. The van der Waals surface area contributed by atoms with Gasteiger partial charge in [0.2, 0.25) is 5.82 Å². The summed E-state index contributed by atoms with van der Waals surface area (Å²) in [5.41, 5.74) is -0.257. The first-order chi connectivity index (χ1) is 10.9. The van der Waals surface area contributed by atoms with E-state index in [0.717, 1.165) is 30.6 Å². The number of anilines is 1. The Bertz CT molecular complexity index is 553. The van der Waals surface area contributed by atoms with Crippen molar-refractivity contribution in [2.45, 2.75) is 32.4 Å². The van der Waals surface area contributed by atoms with E-state index in [1.165, 1.54) is 0 Å². The highest BCUT2D eigenvalue weighted by molar-refractivity contribution is 6.99. The highest BCUT2D eigenvalue weighted by Gasteiger charge is 2.38. The van der Waals surface area contributed by atoms with Crippen molar-refractivity contribution in [3.05, 3.63) is 0 Å². The van der Waals surface area contributed by atoms with Gasteiger partial charge in [0.15, 0.2) is 6.10 Å². The highest BCUT2D eigenvalue weighted by Crippen LogP contribution is 2.27. The zero-order valence-corrected chi connectivity index (χ0v) is 14.5. The first-order valence-corrected chi connectivity index (χ1v) is 8.44. The molecule has 1 amide bonds. The maximum atomic E-state index is 11.9. The van der Waals surface area contributed by atoms with Crippen LogP contribution < -0.4 is 9.64 Å². The Hall–Kier alpha value is -1.61. The second-order valence-electron chi connectivity index (χ2n) is 6.59. The number of amides is 1. The van der Waals surface area contributed by atoms with Gasteiger partial charge in [-0.05, 0) is 20.8 Å². The molecule has 1 aromatic heterocycles. The van der Waals surface area contributed by atoms with E-state index in [9.17, 15) is 4.79 Å². The molecule has 23 heavy (non-hydrogen) atoms. The van der Waals surface area contributed by atoms with Gasteiger partial charge in [-0.25, -0.2) is 4.79 Å². The van der Waals surface area contributed by atoms with Crippen molar-refractivity contribution in [3.63, 3.8) is 0 Å². The van der Waals surface area contributed by atoms with Gasteiger partial charge in [-0.2, -0.15) is 4.37 Å². The third-order valence-electron chi connectivity index (χ3n) is 3.84. The minimum Gasteiger partial charge on any atom is -0.470 e. The molecular weight excluding hydrogens is 320 g/mol. The van der Waals surface area contributed by atoms with Gasteiger partial charge in [-0.3, -0.25) is 4.90 Å². The SMILES string of the molecule is CC(C)(C)N1CC(COc2nsnc2N2CCOCC2)OC1=O. The first kappa shape index (κ1) is 16.3. The van der Waals surface area contributed by atoms with Crippen LogP contribution in [0.25, 0.3) is 0 Å². The standard InChI is InChI=1S/C14H22N4O4S/c1-14(2,3)18-8-10(22-13(18)19)9-21-12-11(15-23-16-12)17-4-6-20-7-5-17/h10H,4-9H2,1-3H3. The predicted octanol–water partition coefficient (Wildman–Crippen LogP) is 1.37. The summed E-state index contributed by atoms with van der Waals surface area (Å²) in [5.74, 6) is 1.25. The normalized spacial score (nSPS) is 22.4. The number of aromatic nitrogens is 2. The third-order valence-corrected chi connectivity index (χ3v) is 4.34. The van der Waals surface area contributed by atoms with E-state index in [1.54, 1.807) is 4.90 Å². The van der Waals surface area contributed by atoms with Crippen molar-refractivity contribution in [2.75, 3.05) is 44.4 Å². The summed E-state index contributed by atoms with van der Waals surface area (Å²) in [6.45, 7) is 9.66. The third kappa shape index (κ3) is 3.66. The molecule has 2 saturated heterocycles. The molecule has 0 aliphatic carbocycles. The van der Waals surface area contributed by atoms with Crippen LogP contribution in [-0.4, -0.2) is 70.8 Å². The van der Waals surface area contributed by atoms with E-state index >= 15 is 0 Å². The van der Waals surface area contributed by atoms with Crippen LogP contribution in [0.3, 0.4) is 0 Å². The van der Waals surface area contributed by atoms with E-state index in [1.807, 2.05) is 20.8 Å². The molecule has 3 heterocycles. The molecule has 0 N–H and O–H groups in total. The van der Waals surface area contributed by atoms with Gasteiger partial charge in [0, 0.05) is 18.6 Å². The lowest BCUT2D eigenvalue weighted by atomic mass is 10.1. The Kier molecular flexibility index (Phi) is 4.58. The second-order valence-corrected chi connectivity index (χ2v) is 7.12. The Morgan fingerprint density at radius 3 is 2.70 bits per heavy atom. The summed E-state index contributed by atoms with van der Waals surface area (Å²) in [7, 11) is 0. The van der Waals surface area contributed by atoms with Crippen LogP contribution in [0.15, 0.2) is 0 Å². The van der Waals surface area contributed by atoms with E-state index in [2.05, 4.69) is 13.6 Å². The predicted molar refractivity (Wildman–Crippen MR) is 85.2 cm³/mol. The monoisotopic (exact) mass is 342 g/mol. The summed E-state index contributed by atoms with van der Waals surface area (Å²) in [4.78, 5) is 15.7. The molecule has 8 nitrogen and oxygen atoms in total. The summed E-state index contributed by atoms with van der Waals surface area (Å²) >= 11 is 1.12. The molecule has 0 aromatic carbocycles. The van der Waals surface area contributed by atoms with Crippen molar-refractivity contribution in [1.29, 1.82) is 0 Å². The van der Waals surface area contributed by atoms with E-state index in [4.69, 9.17) is 14.2 Å². The molecule has 1 aromatic rings. The molecule has 9 heteroatoms. The first-order valence-electron chi connectivity index (χ1n) is 7.71. The number of cyclic esters (lactones) is 1. The van der Waals surface area contributed by atoms with Crippen LogP contribution in [0.1, 0.15) is 20.8 Å². The van der Waals surface area contributed by atoms with Gasteiger partial charge in [0.25, 0.3) is 5.88 Å². The molecule has 1 unspecified atom stereocenters. The van der Waals surface area contributed by atoms with Gasteiger partial charge >= 0.3 is 6.09 Å². The molecule has 0 spiro atoms. The molecule has 2 aliphatic rings. The van der Waals surface area contributed by atoms with Crippen LogP contribution in [0.5, 0.6) is 5.88 Å². The van der Waals surface area contributed by atoms with Gasteiger partial charge < -0.3 is 19.1 Å². The Labute approximate surface area is 139 Å². The number of hydrogen-bond donors (Lipinski definition) is 0. The Balaban J connectivity index is 1.57. The molecule has 1 atom stereocenters. The van der Waals surface area contributed by atoms with Crippen molar-refractivity contribution in [3.8, 4) is 5.88 Å². The lowest BCUT2D eigenvalue weighted by Crippen LogP contribution is -2.42. The van der Waals surface area contributed by atoms with Crippen LogP contribution in [0.4, 0.5) is 10.6 Å². The van der Waals surface area contributed by atoms with E-state index in [-0.39, 0.29) is 24.3 Å². The fourth-order valence-electron chi connectivity index (χ4n) is 2.56. The number of nitrogens with zero attached hydrogens (tertiary/aromatic N) is 4. The zero-order chi connectivity index (χ0) is 16.4. The van der Waals surface area contributed by atoms with Crippen LogP contribution in [-0.2, 0) is 9.47 Å². The number of carbonyl (C=O) groups is 1. The van der Waals surface area contributed by atoms with Gasteiger partial charge in [0.1, 0.15) is 6.61 Å². The molecule has 2 fully saturated rings. The van der Waals surface area contributed by atoms with Crippen molar-refractivity contribution >= 4 is 23.6 Å². The number of rotatable bonds is 4. The molecule has 0 saturated carbocycles. The number of ether oxygens (including phenoxy) is 3. The number of carbonyl (C=O) groups excluding carboxylic acids is 1. The lowest BCUT2D eigenvalue weighted by Gasteiger charge is -2.29. The van der Waals surface area contributed by atoms with Crippen molar-refractivity contribution in [2.24, 2.45) is 0 Å². The number of morpholine rings is 1. The average molecular weight is 342 g/mol. The van der Waals surface area contributed by atoms with Gasteiger partial charge in [-0.15, -0.1) is 4.37 Å². The maximum absolute atomic E-state index is 11.9. The van der Waals surface area contributed by atoms with Crippen LogP contribution >= 0.6 is 11.7 Å². The highest BCUT2D eigenvalue weighted by atomic mass is 32.1. The fraction of sp³-hybridized carbons (Fsp3) is 0.786. The zero-order valence-electron chi connectivity index (χ0n) is 13.7. The average Bonchev–Trinajstić information content (AvgIpc) is 3.11. The topological polar surface area (TPSA) is 77.0 Å². The summed E-state index contributed by atoms with van der Waals surface area (Å²) in [6, 6.07) is 0. The lowest BCUT2D eigenvalue weighted by molar-refractivity contribution is 0.0978.